The Hall–Kier alpha value is 3.74. The third kappa shape index (κ3) is 18.5. The van der Waals surface area contributed by atoms with Gasteiger partial charge in [-0.2, -0.15) is 0 Å². The maximum atomic E-state index is 12.5. The average molecular weight is 1800 g/mol. The SMILES string of the molecule is O=C([O-])C1CCCC2C3NC4NC(NC5NC(NC6NC(NC(N3)C12)C1CCCCC61)C1CCCCC51)C1CCCCC41.O=C([O-])C1CCCC2C3NC4NC(NC5NC(NC6NC(NC(N3)C12)C1CCCCC61)C1CCCCC51)C1CCCCC41.[Cl-].[Cl-].[Cl-].[Cl-].[Cl-].[Cl-].[Cl-].[Cl-].[Zn+2].[Zn+2].[Zn+2].[Zn+2].[Zn+2]. The predicted molar refractivity (Wildman–Crippen MR) is 322 cm³/mol. The summed E-state index contributed by atoms with van der Waals surface area (Å²) in [6.45, 7) is 0. The summed E-state index contributed by atoms with van der Waals surface area (Å²) in [5, 5.41) is 90.7. The Balaban J connectivity index is 0.000000372. The molecule has 8 aliphatic carbocycles. The van der Waals surface area contributed by atoms with E-state index in [-0.39, 0.29) is 270 Å². The molecule has 0 radical (unpaired) electrons. The minimum absolute atomic E-state index is 0. The van der Waals surface area contributed by atoms with E-state index in [0.29, 0.717) is 120 Å². The molecule has 10 aliphatic heterocycles. The molecule has 99 heavy (non-hydrogen) atoms. The van der Waals surface area contributed by atoms with Crippen molar-refractivity contribution in [1.82, 2.24) is 85.1 Å². The normalized spacial score (nSPS) is 48.7. The van der Waals surface area contributed by atoms with Crippen molar-refractivity contribution in [1.29, 1.82) is 0 Å². The first-order valence-corrected chi connectivity index (χ1v) is 36.8. The molecule has 0 aromatic carbocycles. The number of hydrogen-bond acceptors (Lipinski definition) is 20. The summed E-state index contributed by atoms with van der Waals surface area (Å²) >= 11 is 0. The number of carboxylic acid groups (broad SMARTS) is 2. The summed E-state index contributed by atoms with van der Waals surface area (Å²) in [6.07, 6.45) is 40.3. The number of hydrogen-bond donors (Lipinski definition) is 16. The van der Waals surface area contributed by atoms with Crippen molar-refractivity contribution in [2.24, 2.45) is 107 Å². The first-order valence-electron chi connectivity index (χ1n) is 36.8. The first kappa shape index (κ1) is 95.1. The smallest absolute Gasteiger partial charge is 1.00 e. The molecule has 10 heterocycles. The van der Waals surface area contributed by atoms with E-state index in [1.165, 1.54) is 154 Å². The number of fused-ring (bicyclic) bond motifs is 40. The fraction of sp³-hybridized carbons (Fsp3) is 0.970. The fourth-order valence-corrected chi connectivity index (χ4v) is 24.7. The van der Waals surface area contributed by atoms with Gasteiger partial charge in [0.15, 0.2) is 0 Å². The van der Waals surface area contributed by atoms with Crippen LogP contribution in [-0.4, -0.2) is 111 Å². The second-order valence-corrected chi connectivity index (χ2v) is 32.2. The molecule has 8 saturated carbocycles. The minimum atomic E-state index is -0.857. The van der Waals surface area contributed by atoms with Crippen LogP contribution in [0.1, 0.15) is 193 Å². The zero-order valence-corrected chi connectivity index (χ0v) is 78.9. The van der Waals surface area contributed by atoms with Crippen LogP contribution < -0.4 is 195 Å². The summed E-state index contributed by atoms with van der Waals surface area (Å²) in [4.78, 5) is 25.0. The van der Waals surface area contributed by atoms with Crippen LogP contribution in [-0.2, 0) is 107 Å². The Morgan fingerprint density at radius 1 is 0.182 bits per heavy atom. The van der Waals surface area contributed by atoms with Gasteiger partial charge in [-0.1, -0.05) is 89.9 Å². The average Bonchev–Trinajstić information content (AvgIpc) is 1.61. The van der Waals surface area contributed by atoms with Crippen molar-refractivity contribution >= 4 is 11.9 Å². The molecule has 34 atom stereocenters. The Bertz CT molecular complexity index is 2320. The summed E-state index contributed by atoms with van der Waals surface area (Å²) in [6, 6.07) is 0. The van der Waals surface area contributed by atoms with E-state index >= 15 is 0 Å². The number of aliphatic carboxylic acids is 2. The summed E-state index contributed by atoms with van der Waals surface area (Å²) < 4.78 is 0. The zero-order valence-electron chi connectivity index (χ0n) is 58.0. The number of carboxylic acids is 2. The van der Waals surface area contributed by atoms with E-state index in [0.717, 1.165) is 38.5 Å². The van der Waals surface area contributed by atoms with E-state index < -0.39 is 23.8 Å². The van der Waals surface area contributed by atoms with E-state index in [1.807, 2.05) is 0 Å². The van der Waals surface area contributed by atoms with E-state index in [1.54, 1.807) is 0 Å². The molecule has 0 aromatic heterocycles. The van der Waals surface area contributed by atoms with Gasteiger partial charge in [-0.15, -0.1) is 0 Å². The third-order valence-electron chi connectivity index (χ3n) is 28.4. The molecule has 16 N–H and O–H groups in total. The number of rotatable bonds is 2. The van der Waals surface area contributed by atoms with Gasteiger partial charge in [0.25, 0.3) is 0 Å². The fourth-order valence-electron chi connectivity index (χ4n) is 24.7. The van der Waals surface area contributed by atoms with Gasteiger partial charge in [0, 0.05) is 35.6 Å². The molecule has 34 unspecified atom stereocenters. The standard InChI is InChI=1S/2C33H56N8O2.8ClH.5Zn/c2*42-33(43)23-15-7-14-22-24(23)32-40-30-21-13-6-5-12-20(21)28(38-30)36-26-17-9-2-1-8-16(17)25(34-26)35-27-18-10-3-4-11-19(18)29(37-27)39-31(22)41-32;;;;;;;;;;;;;/h2*16-32,34-41H,1-15H2,(H,42,43);8*1H;;;;;/q;;;;;;;;;;5*+2/p-10. The number of carbonyl (C=O) groups is 2. The van der Waals surface area contributed by atoms with Crippen molar-refractivity contribution in [3.8, 4) is 0 Å². The number of halogens is 8. The van der Waals surface area contributed by atoms with Gasteiger partial charge in [0.2, 0.25) is 0 Å². The molecule has 10 saturated heterocycles. The molecule has 18 rings (SSSR count). The molecule has 18 fully saturated rings. The van der Waals surface area contributed by atoms with Crippen LogP contribution in [0.2, 0.25) is 0 Å². The third-order valence-corrected chi connectivity index (χ3v) is 28.4. The Morgan fingerprint density at radius 3 is 0.444 bits per heavy atom. The molecule has 544 valence electrons. The van der Waals surface area contributed by atoms with Gasteiger partial charge in [-0.05, 0) is 186 Å². The van der Waals surface area contributed by atoms with Crippen LogP contribution in [0.15, 0.2) is 0 Å². The maximum Gasteiger partial charge on any atom is 2.00 e. The van der Waals surface area contributed by atoms with Crippen LogP contribution in [0.4, 0.5) is 0 Å². The molecule has 16 bridgehead atoms. The Labute approximate surface area is 704 Å². The monoisotopic (exact) mass is 1790 g/mol. The topological polar surface area (TPSA) is 273 Å². The van der Waals surface area contributed by atoms with Crippen LogP contribution >= 0.6 is 0 Å². The first-order chi connectivity index (χ1) is 42.2. The van der Waals surface area contributed by atoms with Crippen LogP contribution in [0.3, 0.4) is 0 Å². The van der Waals surface area contributed by atoms with Crippen LogP contribution in [0, 0.1) is 107 Å². The summed E-state index contributed by atoms with van der Waals surface area (Å²) in [5.74, 6) is 5.66. The number of nitrogens with one attached hydrogen (secondary N) is 16. The van der Waals surface area contributed by atoms with Gasteiger partial charge in [0.1, 0.15) is 0 Å². The largest absolute Gasteiger partial charge is 2.00 e. The van der Waals surface area contributed by atoms with E-state index in [9.17, 15) is 19.8 Å². The van der Waals surface area contributed by atoms with Gasteiger partial charge >= 0.3 is 97.4 Å². The number of carbonyl (C=O) groups excluding carboxylic acids is 2. The van der Waals surface area contributed by atoms with Gasteiger partial charge < -0.3 is 119 Å². The van der Waals surface area contributed by atoms with Gasteiger partial charge in [0.05, 0.1) is 98.7 Å². The van der Waals surface area contributed by atoms with Gasteiger partial charge in [-0.3, -0.25) is 85.1 Å². The molecular weight excluding hydrogens is 1690 g/mol. The molecule has 33 heteroatoms. The van der Waals surface area contributed by atoms with Crippen LogP contribution in [0.5, 0.6) is 0 Å². The van der Waals surface area contributed by atoms with Gasteiger partial charge in [-0.25, -0.2) is 0 Å². The summed E-state index contributed by atoms with van der Waals surface area (Å²) in [5.41, 5.74) is 0. The molecule has 0 spiro atoms. The molecule has 0 amide bonds. The summed E-state index contributed by atoms with van der Waals surface area (Å²) in [7, 11) is 0. The molecule has 20 nitrogen and oxygen atoms in total. The van der Waals surface area contributed by atoms with Crippen molar-refractivity contribution in [3.05, 3.63) is 0 Å². The molecule has 18 aliphatic rings. The molecular formula is C66H110Cl8N16O4Zn5. The van der Waals surface area contributed by atoms with Crippen molar-refractivity contribution in [2.45, 2.75) is 291 Å². The Morgan fingerprint density at radius 2 is 0.303 bits per heavy atom. The quantitative estimate of drug-likeness (QED) is 0.115. The Kier molecular flexibility index (Phi) is 39.9. The second kappa shape index (κ2) is 41.5. The van der Waals surface area contributed by atoms with Crippen LogP contribution in [0.25, 0.3) is 0 Å². The minimum Gasteiger partial charge on any atom is -1.00 e. The van der Waals surface area contributed by atoms with Crippen molar-refractivity contribution in [3.63, 3.8) is 0 Å². The zero-order chi connectivity index (χ0) is 57.3. The second-order valence-electron chi connectivity index (χ2n) is 32.2. The van der Waals surface area contributed by atoms with Crippen molar-refractivity contribution in [2.75, 3.05) is 0 Å². The van der Waals surface area contributed by atoms with E-state index in [2.05, 4.69) is 85.1 Å². The van der Waals surface area contributed by atoms with Crippen molar-refractivity contribution < 1.29 is 216 Å². The predicted octanol–water partition coefficient (Wildman–Crippen LogP) is -22.8. The maximum absolute atomic E-state index is 12.5. The van der Waals surface area contributed by atoms with E-state index in [4.69, 9.17) is 0 Å². The molecule has 0 aromatic rings.